The molecule has 1 fully saturated rings. The summed E-state index contributed by atoms with van der Waals surface area (Å²) in [6.45, 7) is 2.55. The molecule has 1 amide bonds. The number of pyridine rings is 1. The van der Waals surface area contributed by atoms with E-state index < -0.39 is 0 Å². The summed E-state index contributed by atoms with van der Waals surface area (Å²) in [4.78, 5) is 20.3. The molecule has 2 atom stereocenters. The van der Waals surface area contributed by atoms with E-state index in [-0.39, 0.29) is 17.3 Å². The van der Waals surface area contributed by atoms with Crippen molar-refractivity contribution in [2.75, 3.05) is 0 Å². The maximum Gasteiger partial charge on any atom is 0.220 e. The molecule has 1 saturated heterocycles. The average Bonchev–Trinajstić information content (AvgIpc) is 2.94. The van der Waals surface area contributed by atoms with Gasteiger partial charge in [-0.25, -0.2) is 9.97 Å². The van der Waals surface area contributed by atoms with Crippen LogP contribution in [0.15, 0.2) is 16.7 Å². The van der Waals surface area contributed by atoms with Crippen molar-refractivity contribution in [2.24, 2.45) is 0 Å². The monoisotopic (exact) mass is 356 g/mol. The Morgan fingerprint density at radius 2 is 2.45 bits per heavy atom. The highest BCUT2D eigenvalue weighted by Crippen LogP contribution is 2.26. The van der Waals surface area contributed by atoms with Crippen LogP contribution in [0.2, 0.25) is 0 Å². The molecule has 1 aliphatic rings. The van der Waals surface area contributed by atoms with E-state index in [0.717, 1.165) is 27.9 Å². The van der Waals surface area contributed by atoms with Crippen LogP contribution in [0.1, 0.15) is 31.0 Å². The Balaban J connectivity index is 2.02. The van der Waals surface area contributed by atoms with E-state index >= 15 is 0 Å². The molecule has 1 N–H and O–H groups in total. The molecule has 0 aliphatic carbocycles. The first-order chi connectivity index (χ1) is 9.54. The molecule has 2 aromatic rings. The number of amides is 1. The van der Waals surface area contributed by atoms with E-state index in [1.54, 1.807) is 6.20 Å². The summed E-state index contributed by atoms with van der Waals surface area (Å²) in [7, 11) is 0. The number of nitrogens with zero attached hydrogens (tertiary/aromatic N) is 3. The largest absolute Gasteiger partial charge is 0.352 e. The lowest BCUT2D eigenvalue weighted by Gasteiger charge is -2.14. The molecular formula is C13H14BrClN4O. The molecule has 20 heavy (non-hydrogen) atoms. The van der Waals surface area contributed by atoms with Crippen molar-refractivity contribution >= 4 is 44.6 Å². The number of rotatable bonds is 3. The van der Waals surface area contributed by atoms with E-state index in [1.165, 1.54) is 0 Å². The van der Waals surface area contributed by atoms with Crippen molar-refractivity contribution in [1.82, 2.24) is 19.9 Å². The van der Waals surface area contributed by atoms with Crippen molar-refractivity contribution in [3.05, 3.63) is 22.6 Å². The van der Waals surface area contributed by atoms with E-state index in [2.05, 4.69) is 31.2 Å². The fourth-order valence-corrected chi connectivity index (χ4v) is 3.01. The predicted molar refractivity (Wildman–Crippen MR) is 80.7 cm³/mol. The summed E-state index contributed by atoms with van der Waals surface area (Å²) < 4.78 is 2.90. The number of carbonyl (C=O) groups is 1. The van der Waals surface area contributed by atoms with Gasteiger partial charge >= 0.3 is 0 Å². The molecule has 7 heteroatoms. The van der Waals surface area contributed by atoms with Gasteiger partial charge in [-0.15, -0.1) is 11.6 Å². The topological polar surface area (TPSA) is 59.8 Å². The zero-order valence-electron chi connectivity index (χ0n) is 10.9. The molecular weight excluding hydrogens is 344 g/mol. The Kier molecular flexibility index (Phi) is 3.69. The molecule has 0 bridgehead atoms. The summed E-state index contributed by atoms with van der Waals surface area (Å²) in [5, 5.41) is 2.76. The Morgan fingerprint density at radius 1 is 1.65 bits per heavy atom. The van der Waals surface area contributed by atoms with Gasteiger partial charge in [0.1, 0.15) is 11.3 Å². The third kappa shape index (κ3) is 2.54. The van der Waals surface area contributed by atoms with E-state index in [9.17, 15) is 4.79 Å². The summed E-state index contributed by atoms with van der Waals surface area (Å²) in [5.74, 6) is 0.893. The van der Waals surface area contributed by atoms with E-state index in [0.29, 0.717) is 13.0 Å². The summed E-state index contributed by atoms with van der Waals surface area (Å²) in [5.41, 5.74) is 1.61. The van der Waals surface area contributed by atoms with Crippen molar-refractivity contribution in [3.8, 4) is 0 Å². The molecule has 0 saturated carbocycles. The Labute approximate surface area is 129 Å². The number of fused-ring (bicyclic) bond motifs is 1. The molecule has 5 nitrogen and oxygen atoms in total. The van der Waals surface area contributed by atoms with Crippen LogP contribution < -0.4 is 5.32 Å². The lowest BCUT2D eigenvalue weighted by molar-refractivity contribution is -0.119. The van der Waals surface area contributed by atoms with Gasteiger partial charge in [-0.1, -0.05) is 0 Å². The number of aromatic nitrogens is 3. The highest BCUT2D eigenvalue weighted by atomic mass is 79.9. The lowest BCUT2D eigenvalue weighted by Crippen LogP contribution is -2.30. The van der Waals surface area contributed by atoms with Gasteiger partial charge in [0.15, 0.2) is 5.65 Å². The Morgan fingerprint density at radius 3 is 3.10 bits per heavy atom. The van der Waals surface area contributed by atoms with E-state index in [1.807, 2.05) is 17.6 Å². The number of carbonyl (C=O) groups excluding carboxylic acids is 1. The predicted octanol–water partition coefficient (Wildman–Crippen LogP) is 2.77. The summed E-state index contributed by atoms with van der Waals surface area (Å²) in [6, 6.07) is 2.05. The van der Waals surface area contributed by atoms with Crippen molar-refractivity contribution in [1.29, 1.82) is 0 Å². The third-order valence-corrected chi connectivity index (χ3v) is 4.05. The normalized spacial score (nSPS) is 20.4. The fraction of sp³-hybridized carbons (Fsp3) is 0.462. The minimum atomic E-state index is -0.208. The summed E-state index contributed by atoms with van der Waals surface area (Å²) in [6.07, 6.45) is 3.17. The second kappa shape index (κ2) is 5.33. The van der Waals surface area contributed by atoms with Crippen LogP contribution in [-0.2, 0) is 11.3 Å². The Hall–Kier alpha value is -1.14. The summed E-state index contributed by atoms with van der Waals surface area (Å²) >= 11 is 9.62. The second-order valence-corrected chi connectivity index (χ2v) is 6.57. The number of nitrogens with one attached hydrogen (secondary N) is 1. The van der Waals surface area contributed by atoms with Crippen molar-refractivity contribution < 1.29 is 4.79 Å². The first-order valence-electron chi connectivity index (χ1n) is 6.49. The first-order valence-corrected chi connectivity index (χ1v) is 7.72. The standard InChI is InChI=1S/C13H14BrClN4O/c1-7(15)12-18-10-4-8(14)5-16-13(10)19(12)6-9-2-3-11(20)17-9/h4-5,7,9H,2-3,6H2,1H3,(H,17,20). The van der Waals surface area contributed by atoms with Crippen LogP contribution in [0, 0.1) is 0 Å². The quantitative estimate of drug-likeness (QED) is 0.859. The molecule has 1 aliphatic heterocycles. The molecule has 2 aromatic heterocycles. The van der Waals surface area contributed by atoms with Crippen LogP contribution in [0.3, 0.4) is 0 Å². The van der Waals surface area contributed by atoms with Gasteiger partial charge in [-0.3, -0.25) is 4.79 Å². The second-order valence-electron chi connectivity index (χ2n) is 5.00. The molecule has 106 valence electrons. The van der Waals surface area contributed by atoms with Crippen LogP contribution >= 0.6 is 27.5 Å². The van der Waals surface area contributed by atoms with Gasteiger partial charge in [0.05, 0.1) is 5.38 Å². The SMILES string of the molecule is CC(Cl)c1nc2cc(Br)cnc2n1CC1CCC(=O)N1. The number of hydrogen-bond acceptors (Lipinski definition) is 3. The molecule has 3 rings (SSSR count). The van der Waals surface area contributed by atoms with Gasteiger partial charge in [0.2, 0.25) is 5.91 Å². The number of alkyl halides is 1. The minimum Gasteiger partial charge on any atom is -0.352 e. The highest BCUT2D eigenvalue weighted by Gasteiger charge is 2.24. The molecule has 0 radical (unpaired) electrons. The van der Waals surface area contributed by atoms with Gasteiger partial charge < -0.3 is 9.88 Å². The third-order valence-electron chi connectivity index (χ3n) is 3.42. The van der Waals surface area contributed by atoms with Crippen molar-refractivity contribution in [3.63, 3.8) is 0 Å². The van der Waals surface area contributed by atoms with Gasteiger partial charge in [-0.05, 0) is 35.3 Å². The van der Waals surface area contributed by atoms with Crippen LogP contribution in [0.4, 0.5) is 0 Å². The average molecular weight is 358 g/mol. The van der Waals surface area contributed by atoms with E-state index in [4.69, 9.17) is 11.6 Å². The maximum absolute atomic E-state index is 11.3. The van der Waals surface area contributed by atoms with Crippen LogP contribution in [0.25, 0.3) is 11.2 Å². The highest BCUT2D eigenvalue weighted by molar-refractivity contribution is 9.10. The fourth-order valence-electron chi connectivity index (χ4n) is 2.52. The van der Waals surface area contributed by atoms with Crippen LogP contribution in [0.5, 0.6) is 0 Å². The van der Waals surface area contributed by atoms with Crippen molar-refractivity contribution in [2.45, 2.75) is 37.7 Å². The number of hydrogen-bond donors (Lipinski definition) is 1. The maximum atomic E-state index is 11.3. The number of halogens is 2. The number of imidazole rings is 1. The Bertz CT molecular complexity index is 670. The van der Waals surface area contributed by atoms with Crippen LogP contribution in [-0.4, -0.2) is 26.5 Å². The van der Waals surface area contributed by atoms with Gasteiger partial charge in [0, 0.05) is 29.7 Å². The first kappa shape index (κ1) is 13.8. The smallest absolute Gasteiger partial charge is 0.220 e. The molecule has 0 spiro atoms. The molecule has 0 aromatic carbocycles. The minimum absolute atomic E-state index is 0.107. The zero-order chi connectivity index (χ0) is 14.3. The lowest BCUT2D eigenvalue weighted by atomic mass is 10.2. The van der Waals surface area contributed by atoms with Gasteiger partial charge in [0.25, 0.3) is 0 Å². The molecule has 2 unspecified atom stereocenters. The zero-order valence-corrected chi connectivity index (χ0v) is 13.3. The molecule has 3 heterocycles. The van der Waals surface area contributed by atoms with Gasteiger partial charge in [-0.2, -0.15) is 0 Å².